The Hall–Kier alpha value is -0.0800. The van der Waals surface area contributed by atoms with Crippen LogP contribution >= 0.6 is 0 Å². The molecule has 0 amide bonds. The molecule has 0 aromatic carbocycles. The maximum Gasteiger partial charge on any atom is 0.0558 e. The van der Waals surface area contributed by atoms with Gasteiger partial charge in [-0.1, -0.05) is 58.8 Å². The van der Waals surface area contributed by atoms with Crippen LogP contribution in [0.15, 0.2) is 0 Å². The van der Waals surface area contributed by atoms with E-state index in [0.29, 0.717) is 12.1 Å². The fourth-order valence-corrected chi connectivity index (χ4v) is 2.50. The third-order valence-corrected chi connectivity index (χ3v) is 3.86. The Morgan fingerprint density at radius 2 is 1.53 bits per heavy atom. The van der Waals surface area contributed by atoms with Crippen molar-refractivity contribution in [3.05, 3.63) is 0 Å². The Bertz CT molecular complexity index is 173. The van der Waals surface area contributed by atoms with Gasteiger partial charge in [0.25, 0.3) is 0 Å². The Balaban J connectivity index is 3.61. The molecule has 2 atom stereocenters. The molecule has 0 rings (SSSR count). The molecule has 0 heterocycles. The second-order valence-corrected chi connectivity index (χ2v) is 5.84. The molecular formula is C17H37NO. The zero-order valence-corrected chi connectivity index (χ0v) is 13.8. The van der Waals surface area contributed by atoms with E-state index >= 15 is 0 Å². The molecule has 19 heavy (non-hydrogen) atoms. The van der Waals surface area contributed by atoms with Crippen LogP contribution in [0.25, 0.3) is 0 Å². The topological polar surface area (TPSA) is 21.3 Å². The highest BCUT2D eigenvalue weighted by Crippen LogP contribution is 2.13. The monoisotopic (exact) mass is 271 g/mol. The predicted molar refractivity (Wildman–Crippen MR) is 85.8 cm³/mol. The highest BCUT2D eigenvalue weighted by atomic mass is 16.5. The summed E-state index contributed by atoms with van der Waals surface area (Å²) in [4.78, 5) is 0. The molecule has 0 aromatic heterocycles. The van der Waals surface area contributed by atoms with Crippen LogP contribution in [-0.2, 0) is 4.74 Å². The predicted octanol–water partition coefficient (Wildman–Crippen LogP) is 4.92. The Labute approximate surface area is 121 Å². The van der Waals surface area contributed by atoms with Crippen molar-refractivity contribution >= 4 is 0 Å². The summed E-state index contributed by atoms with van der Waals surface area (Å²) in [5, 5.41) is 3.67. The molecule has 2 unspecified atom stereocenters. The number of hydrogen-bond acceptors (Lipinski definition) is 2. The maximum absolute atomic E-state index is 5.39. The first kappa shape index (κ1) is 18.9. The molecule has 0 saturated heterocycles. The lowest BCUT2D eigenvalue weighted by Gasteiger charge is -2.21. The standard InChI is InChI=1S/C17H37NO/c1-5-7-8-9-10-11-12-13-17(18-14-6-2)15-16(3)19-4/h16-18H,5-15H2,1-4H3. The van der Waals surface area contributed by atoms with Gasteiger partial charge in [-0.15, -0.1) is 0 Å². The first-order valence-corrected chi connectivity index (χ1v) is 8.50. The highest BCUT2D eigenvalue weighted by Gasteiger charge is 2.11. The van der Waals surface area contributed by atoms with Crippen LogP contribution in [0, 0.1) is 0 Å². The largest absolute Gasteiger partial charge is 0.382 e. The summed E-state index contributed by atoms with van der Waals surface area (Å²) in [7, 11) is 1.81. The third kappa shape index (κ3) is 12.7. The molecule has 0 aliphatic heterocycles. The Kier molecular flexibility index (Phi) is 14.3. The van der Waals surface area contributed by atoms with Crippen molar-refractivity contribution < 1.29 is 4.74 Å². The number of methoxy groups -OCH3 is 1. The van der Waals surface area contributed by atoms with Crippen LogP contribution in [0.3, 0.4) is 0 Å². The lowest BCUT2D eigenvalue weighted by Crippen LogP contribution is -2.33. The Morgan fingerprint density at radius 1 is 0.895 bits per heavy atom. The van der Waals surface area contributed by atoms with Crippen molar-refractivity contribution in [3.63, 3.8) is 0 Å². The lowest BCUT2D eigenvalue weighted by atomic mass is 10.0. The fraction of sp³-hybridized carbons (Fsp3) is 1.00. The number of rotatable bonds is 14. The van der Waals surface area contributed by atoms with Gasteiger partial charge in [-0.05, 0) is 32.7 Å². The van der Waals surface area contributed by atoms with Gasteiger partial charge in [-0.25, -0.2) is 0 Å². The molecule has 0 fully saturated rings. The molecule has 1 N–H and O–H groups in total. The van der Waals surface area contributed by atoms with Crippen molar-refractivity contribution in [2.24, 2.45) is 0 Å². The molecule has 2 nitrogen and oxygen atoms in total. The van der Waals surface area contributed by atoms with Gasteiger partial charge in [-0.3, -0.25) is 0 Å². The second-order valence-electron chi connectivity index (χ2n) is 5.84. The number of ether oxygens (including phenoxy) is 1. The van der Waals surface area contributed by atoms with Crippen LogP contribution in [0.5, 0.6) is 0 Å². The van der Waals surface area contributed by atoms with Gasteiger partial charge in [0.2, 0.25) is 0 Å². The zero-order valence-electron chi connectivity index (χ0n) is 13.8. The molecule has 0 bridgehead atoms. The quantitative estimate of drug-likeness (QED) is 0.453. The first-order chi connectivity index (χ1) is 9.24. The molecule has 2 heteroatoms. The van der Waals surface area contributed by atoms with E-state index in [9.17, 15) is 0 Å². The van der Waals surface area contributed by atoms with Crippen LogP contribution in [-0.4, -0.2) is 25.8 Å². The first-order valence-electron chi connectivity index (χ1n) is 8.50. The SMILES string of the molecule is CCCCCCCCCC(CC(C)OC)NCCC. The minimum Gasteiger partial charge on any atom is -0.382 e. The molecule has 0 radical (unpaired) electrons. The van der Waals surface area contributed by atoms with E-state index in [1.165, 1.54) is 57.8 Å². The number of hydrogen-bond donors (Lipinski definition) is 1. The van der Waals surface area contributed by atoms with Gasteiger partial charge in [0.05, 0.1) is 6.10 Å². The third-order valence-electron chi connectivity index (χ3n) is 3.86. The number of unbranched alkanes of at least 4 members (excludes halogenated alkanes) is 6. The van der Waals surface area contributed by atoms with Crippen molar-refractivity contribution in [2.45, 2.75) is 97.1 Å². The normalized spacial score (nSPS) is 14.5. The van der Waals surface area contributed by atoms with Gasteiger partial charge >= 0.3 is 0 Å². The van der Waals surface area contributed by atoms with Gasteiger partial charge in [-0.2, -0.15) is 0 Å². The van der Waals surface area contributed by atoms with Gasteiger partial charge in [0.15, 0.2) is 0 Å². The molecule has 0 saturated carbocycles. The van der Waals surface area contributed by atoms with Crippen molar-refractivity contribution in [1.82, 2.24) is 5.32 Å². The summed E-state index contributed by atoms with van der Waals surface area (Å²) in [6.45, 7) is 7.82. The summed E-state index contributed by atoms with van der Waals surface area (Å²) in [6.07, 6.45) is 13.8. The second kappa shape index (κ2) is 14.3. The van der Waals surface area contributed by atoms with Crippen molar-refractivity contribution in [1.29, 1.82) is 0 Å². The minimum absolute atomic E-state index is 0.374. The summed E-state index contributed by atoms with van der Waals surface area (Å²) >= 11 is 0. The lowest BCUT2D eigenvalue weighted by molar-refractivity contribution is 0.0989. The van der Waals surface area contributed by atoms with Crippen molar-refractivity contribution in [3.8, 4) is 0 Å². The average Bonchev–Trinajstić information content (AvgIpc) is 2.43. The number of nitrogens with one attached hydrogen (secondary N) is 1. The summed E-state index contributed by atoms with van der Waals surface area (Å²) in [5.74, 6) is 0. The molecule has 0 spiro atoms. The average molecular weight is 271 g/mol. The van der Waals surface area contributed by atoms with Crippen molar-refractivity contribution in [2.75, 3.05) is 13.7 Å². The van der Waals surface area contributed by atoms with E-state index in [2.05, 4.69) is 26.1 Å². The molecule has 0 aromatic rings. The van der Waals surface area contributed by atoms with Crippen LogP contribution in [0.2, 0.25) is 0 Å². The van der Waals surface area contributed by atoms with Gasteiger partial charge < -0.3 is 10.1 Å². The summed E-state index contributed by atoms with van der Waals surface area (Å²) < 4.78 is 5.39. The molecule has 0 aliphatic carbocycles. The molecule has 0 aliphatic rings. The van der Waals surface area contributed by atoms with Crippen LogP contribution in [0.4, 0.5) is 0 Å². The van der Waals surface area contributed by atoms with E-state index in [0.717, 1.165) is 13.0 Å². The van der Waals surface area contributed by atoms with E-state index in [-0.39, 0.29) is 0 Å². The van der Waals surface area contributed by atoms with E-state index in [1.807, 2.05) is 7.11 Å². The highest BCUT2D eigenvalue weighted by molar-refractivity contribution is 4.70. The van der Waals surface area contributed by atoms with Gasteiger partial charge in [0, 0.05) is 13.2 Å². The van der Waals surface area contributed by atoms with Crippen LogP contribution in [0.1, 0.15) is 85.0 Å². The smallest absolute Gasteiger partial charge is 0.0558 e. The Morgan fingerprint density at radius 3 is 2.11 bits per heavy atom. The van der Waals surface area contributed by atoms with E-state index in [1.54, 1.807) is 0 Å². The summed E-state index contributed by atoms with van der Waals surface area (Å²) in [6, 6.07) is 0.644. The molecular weight excluding hydrogens is 234 g/mol. The van der Waals surface area contributed by atoms with E-state index in [4.69, 9.17) is 4.74 Å². The van der Waals surface area contributed by atoms with Crippen LogP contribution < -0.4 is 5.32 Å². The summed E-state index contributed by atoms with van der Waals surface area (Å²) in [5.41, 5.74) is 0. The van der Waals surface area contributed by atoms with Gasteiger partial charge in [0.1, 0.15) is 0 Å². The van der Waals surface area contributed by atoms with E-state index < -0.39 is 0 Å². The fourth-order valence-electron chi connectivity index (χ4n) is 2.50. The maximum atomic E-state index is 5.39. The minimum atomic E-state index is 0.374. The molecule has 116 valence electrons. The zero-order chi connectivity index (χ0) is 14.3.